The number of halogens is 6. The summed E-state index contributed by atoms with van der Waals surface area (Å²) in [5.74, 6) is 0.293. The number of rotatable bonds is 5. The topological polar surface area (TPSA) is 37.8 Å². The summed E-state index contributed by atoms with van der Waals surface area (Å²) in [4.78, 5) is 8.71. The maximum atomic E-state index is 13.1. The van der Waals surface area contributed by atoms with Gasteiger partial charge in [0, 0.05) is 27.0 Å². The largest absolute Gasteiger partial charge is 0.417 e. The zero-order valence-corrected chi connectivity index (χ0v) is 21.2. The molecule has 0 bridgehead atoms. The lowest BCUT2D eigenvalue weighted by molar-refractivity contribution is -0.137. The van der Waals surface area contributed by atoms with Gasteiger partial charge in [-0.15, -0.1) is 0 Å². The average Bonchev–Trinajstić information content (AvgIpc) is 2.86. The molecule has 9 heteroatoms. The Bertz CT molecular complexity index is 1530. The maximum absolute atomic E-state index is 13.1. The Balaban J connectivity index is 1.59. The van der Waals surface area contributed by atoms with Gasteiger partial charge in [0.15, 0.2) is 0 Å². The number of anilines is 2. The van der Waals surface area contributed by atoms with Gasteiger partial charge in [0.05, 0.1) is 16.1 Å². The van der Waals surface area contributed by atoms with E-state index in [1.165, 1.54) is 18.5 Å². The standard InChI is InChI=1S/C28H17Cl3F3N3/c29-19-6-1-16(2-7-19)26(17-3-8-20(30)9-4-17)18-5-12-25-22(13-18)27(36-15-35-25)37-21-10-11-23(24(31)14-21)28(32,33)34/h1-15,26H,(H,35,36,37). The van der Waals surface area contributed by atoms with Crippen LogP contribution in [0.4, 0.5) is 24.7 Å². The van der Waals surface area contributed by atoms with Crippen LogP contribution in [0.15, 0.2) is 91.3 Å². The van der Waals surface area contributed by atoms with Crippen molar-refractivity contribution in [3.05, 3.63) is 129 Å². The van der Waals surface area contributed by atoms with Crippen LogP contribution in [0.5, 0.6) is 0 Å². The number of alkyl halides is 3. The monoisotopic (exact) mass is 557 g/mol. The fraction of sp³-hybridized carbons (Fsp3) is 0.0714. The third kappa shape index (κ3) is 5.52. The van der Waals surface area contributed by atoms with Crippen molar-refractivity contribution in [3.63, 3.8) is 0 Å². The van der Waals surface area contributed by atoms with Crippen molar-refractivity contribution < 1.29 is 13.2 Å². The number of benzene rings is 4. The van der Waals surface area contributed by atoms with E-state index in [4.69, 9.17) is 34.8 Å². The molecule has 5 rings (SSSR count). The Hall–Kier alpha value is -3.32. The molecule has 0 atom stereocenters. The molecule has 3 nitrogen and oxygen atoms in total. The van der Waals surface area contributed by atoms with E-state index >= 15 is 0 Å². The Labute approximate surface area is 225 Å². The van der Waals surface area contributed by atoms with Crippen molar-refractivity contribution >= 4 is 57.2 Å². The van der Waals surface area contributed by atoms with Gasteiger partial charge in [-0.1, -0.05) is 65.1 Å². The van der Waals surface area contributed by atoms with E-state index in [-0.39, 0.29) is 5.92 Å². The van der Waals surface area contributed by atoms with E-state index in [1.807, 2.05) is 66.7 Å². The molecular formula is C28H17Cl3F3N3. The summed E-state index contributed by atoms with van der Waals surface area (Å²) in [7, 11) is 0. The van der Waals surface area contributed by atoms with E-state index in [9.17, 15) is 13.2 Å². The molecule has 0 aliphatic heterocycles. The van der Waals surface area contributed by atoms with E-state index in [1.54, 1.807) is 0 Å². The van der Waals surface area contributed by atoms with Gasteiger partial charge in [0.1, 0.15) is 12.1 Å². The smallest absolute Gasteiger partial charge is 0.340 e. The molecule has 186 valence electrons. The first kappa shape index (κ1) is 25.3. The van der Waals surface area contributed by atoms with Gasteiger partial charge >= 0.3 is 6.18 Å². The second-order valence-corrected chi connectivity index (χ2v) is 9.63. The first-order valence-electron chi connectivity index (χ1n) is 11.1. The van der Waals surface area contributed by atoms with Gasteiger partial charge < -0.3 is 5.32 Å². The number of hydrogen-bond acceptors (Lipinski definition) is 3. The predicted molar refractivity (Wildman–Crippen MR) is 143 cm³/mol. The number of aromatic nitrogens is 2. The first-order valence-corrected chi connectivity index (χ1v) is 12.2. The first-order chi connectivity index (χ1) is 17.7. The minimum atomic E-state index is -4.54. The molecule has 0 unspecified atom stereocenters. The summed E-state index contributed by atoms with van der Waals surface area (Å²) in [6.07, 6.45) is -3.14. The van der Waals surface area contributed by atoms with Crippen molar-refractivity contribution in [1.82, 2.24) is 9.97 Å². The summed E-state index contributed by atoms with van der Waals surface area (Å²) in [5.41, 5.74) is 3.14. The SMILES string of the molecule is FC(F)(F)c1ccc(Nc2ncnc3ccc(C(c4ccc(Cl)cc4)c4ccc(Cl)cc4)cc23)cc1Cl. The Morgan fingerprint density at radius 1 is 0.676 bits per heavy atom. The lowest BCUT2D eigenvalue weighted by Gasteiger charge is -2.20. The van der Waals surface area contributed by atoms with Gasteiger partial charge in [-0.2, -0.15) is 13.2 Å². The highest BCUT2D eigenvalue weighted by atomic mass is 35.5. The molecule has 0 saturated carbocycles. The second kappa shape index (κ2) is 10.2. The molecule has 0 amide bonds. The molecular weight excluding hydrogens is 542 g/mol. The highest BCUT2D eigenvalue weighted by molar-refractivity contribution is 6.32. The Morgan fingerprint density at radius 2 is 1.27 bits per heavy atom. The van der Waals surface area contributed by atoms with Crippen LogP contribution >= 0.6 is 34.8 Å². The van der Waals surface area contributed by atoms with Crippen LogP contribution in [0.2, 0.25) is 15.1 Å². The van der Waals surface area contributed by atoms with Gasteiger partial charge in [0.2, 0.25) is 0 Å². The fourth-order valence-corrected chi connectivity index (χ4v) is 4.74. The molecule has 0 aliphatic rings. The summed E-state index contributed by atoms with van der Waals surface area (Å²) in [6.45, 7) is 0. The summed E-state index contributed by atoms with van der Waals surface area (Å²) in [5, 5.41) is 4.65. The number of hydrogen-bond donors (Lipinski definition) is 1. The normalized spacial score (nSPS) is 11.8. The van der Waals surface area contributed by atoms with E-state index in [2.05, 4.69) is 15.3 Å². The maximum Gasteiger partial charge on any atom is 0.417 e. The highest BCUT2D eigenvalue weighted by Gasteiger charge is 2.33. The molecule has 1 aromatic heterocycles. The Kier molecular flexibility index (Phi) is 6.99. The molecule has 5 aromatic rings. The van der Waals surface area contributed by atoms with Gasteiger partial charge in [0.25, 0.3) is 0 Å². The predicted octanol–water partition coefficient (Wildman–Crippen LogP) is 9.53. The van der Waals surface area contributed by atoms with E-state index in [0.717, 1.165) is 22.8 Å². The quantitative estimate of drug-likeness (QED) is 0.218. The van der Waals surface area contributed by atoms with Crippen molar-refractivity contribution in [3.8, 4) is 0 Å². The van der Waals surface area contributed by atoms with Crippen LogP contribution in [-0.2, 0) is 6.18 Å². The highest BCUT2D eigenvalue weighted by Crippen LogP contribution is 2.38. The summed E-state index contributed by atoms with van der Waals surface area (Å²) >= 11 is 18.2. The number of nitrogens with one attached hydrogen (secondary N) is 1. The molecule has 1 N–H and O–H groups in total. The van der Waals surface area contributed by atoms with Crippen LogP contribution in [0.1, 0.15) is 28.2 Å². The minimum Gasteiger partial charge on any atom is -0.340 e. The van der Waals surface area contributed by atoms with Crippen molar-refractivity contribution in [1.29, 1.82) is 0 Å². The average molecular weight is 559 g/mol. The zero-order chi connectivity index (χ0) is 26.2. The fourth-order valence-electron chi connectivity index (χ4n) is 4.20. The van der Waals surface area contributed by atoms with Crippen LogP contribution < -0.4 is 5.32 Å². The third-order valence-electron chi connectivity index (χ3n) is 5.94. The molecule has 1 heterocycles. The Morgan fingerprint density at radius 3 is 1.84 bits per heavy atom. The molecule has 0 saturated heterocycles. The molecule has 0 radical (unpaired) electrons. The minimum absolute atomic E-state index is 0.146. The van der Waals surface area contributed by atoms with Gasteiger partial charge in [-0.3, -0.25) is 0 Å². The summed E-state index contributed by atoms with van der Waals surface area (Å²) < 4.78 is 39.4. The second-order valence-electron chi connectivity index (χ2n) is 8.35. The molecule has 0 aliphatic carbocycles. The lowest BCUT2D eigenvalue weighted by Crippen LogP contribution is -2.06. The number of fused-ring (bicyclic) bond motifs is 1. The molecule has 0 spiro atoms. The molecule has 37 heavy (non-hydrogen) atoms. The van der Waals surface area contributed by atoms with Crippen molar-refractivity contribution in [2.45, 2.75) is 12.1 Å². The van der Waals surface area contributed by atoms with Crippen molar-refractivity contribution in [2.24, 2.45) is 0 Å². The summed E-state index contributed by atoms with van der Waals surface area (Å²) in [6, 6.07) is 24.6. The zero-order valence-electron chi connectivity index (χ0n) is 18.9. The van der Waals surface area contributed by atoms with Crippen LogP contribution in [0.25, 0.3) is 10.9 Å². The van der Waals surface area contributed by atoms with Gasteiger partial charge in [-0.25, -0.2) is 9.97 Å². The number of nitrogens with zero attached hydrogens (tertiary/aromatic N) is 2. The lowest BCUT2D eigenvalue weighted by atomic mass is 9.85. The third-order valence-corrected chi connectivity index (χ3v) is 6.75. The van der Waals surface area contributed by atoms with Crippen LogP contribution in [0, 0.1) is 0 Å². The van der Waals surface area contributed by atoms with Gasteiger partial charge in [-0.05, 0) is 71.3 Å². The molecule has 0 fully saturated rings. The van der Waals surface area contributed by atoms with Crippen molar-refractivity contribution in [2.75, 3.05) is 5.32 Å². The van der Waals surface area contributed by atoms with Crippen LogP contribution in [-0.4, -0.2) is 9.97 Å². The van der Waals surface area contributed by atoms with E-state index < -0.39 is 16.8 Å². The molecule has 4 aromatic carbocycles. The van der Waals surface area contributed by atoms with E-state index in [0.29, 0.717) is 32.5 Å². The van der Waals surface area contributed by atoms with Crippen LogP contribution in [0.3, 0.4) is 0 Å².